The van der Waals surface area contributed by atoms with E-state index in [1.165, 1.54) is 6.07 Å². The van der Waals surface area contributed by atoms with Crippen LogP contribution in [0.25, 0.3) is 0 Å². The van der Waals surface area contributed by atoms with E-state index in [2.05, 4.69) is 15.4 Å². The van der Waals surface area contributed by atoms with Gasteiger partial charge in [-0.15, -0.1) is 10.2 Å². The summed E-state index contributed by atoms with van der Waals surface area (Å²) in [5, 5.41) is 9.49. The minimum atomic E-state index is -0.904. The Hall–Kier alpha value is -3.17. The van der Waals surface area contributed by atoms with Gasteiger partial charge in [-0.25, -0.2) is 14.1 Å². The number of H-pyrrole nitrogens is 1. The van der Waals surface area contributed by atoms with Crippen molar-refractivity contribution in [1.82, 2.24) is 15.4 Å². The van der Waals surface area contributed by atoms with Crippen LogP contribution in [0, 0.1) is 5.82 Å². The van der Waals surface area contributed by atoms with E-state index in [1.54, 1.807) is 6.92 Å². The average Bonchev–Trinajstić information content (AvgIpc) is 2.91. The lowest BCUT2D eigenvalue weighted by Crippen LogP contribution is -2.30. The molecule has 0 saturated heterocycles. The predicted octanol–water partition coefficient (Wildman–Crippen LogP) is 0.919. The largest absolute Gasteiger partial charge is 0.449 e. The number of carbonyl (C=O) groups is 2. The second-order valence-corrected chi connectivity index (χ2v) is 4.10. The standard InChI is InChI=1S/C12H13FN6O3/c1-2-22-12(21)19(8-4-3-6(13)5-7(8)14)11-9(10(15)20)16-18-17-11/h3-5H,2,14H2,1H3,(H2,15,20)(H,16,17,18). The van der Waals surface area contributed by atoms with Gasteiger partial charge in [0, 0.05) is 0 Å². The van der Waals surface area contributed by atoms with Crippen molar-refractivity contribution in [3.05, 3.63) is 29.7 Å². The number of ether oxygens (including phenoxy) is 1. The van der Waals surface area contributed by atoms with Crippen molar-refractivity contribution in [1.29, 1.82) is 0 Å². The number of amides is 2. The van der Waals surface area contributed by atoms with E-state index in [0.29, 0.717) is 0 Å². The maximum Gasteiger partial charge on any atom is 0.420 e. The fraction of sp³-hybridized carbons (Fsp3) is 0.167. The smallest absolute Gasteiger partial charge is 0.420 e. The maximum absolute atomic E-state index is 13.2. The first-order valence-electron chi connectivity index (χ1n) is 6.18. The second-order valence-electron chi connectivity index (χ2n) is 4.10. The number of nitrogens with zero attached hydrogens (tertiary/aromatic N) is 3. The van der Waals surface area contributed by atoms with Crippen LogP contribution in [0.2, 0.25) is 0 Å². The Balaban J connectivity index is 2.58. The Bertz CT molecular complexity index is 717. The Morgan fingerprint density at radius 1 is 1.41 bits per heavy atom. The summed E-state index contributed by atoms with van der Waals surface area (Å²) in [6.45, 7) is 1.67. The first kappa shape index (κ1) is 15.2. The SMILES string of the molecule is CCOC(=O)N(c1ccc(F)cc1N)c1n[nH]nc1C(N)=O. The summed E-state index contributed by atoms with van der Waals surface area (Å²) in [6.07, 6.45) is -0.864. The van der Waals surface area contributed by atoms with Gasteiger partial charge in [-0.1, -0.05) is 0 Å². The van der Waals surface area contributed by atoms with E-state index in [-0.39, 0.29) is 29.5 Å². The molecule has 1 heterocycles. The minimum Gasteiger partial charge on any atom is -0.449 e. The van der Waals surface area contributed by atoms with Crippen LogP contribution >= 0.6 is 0 Å². The maximum atomic E-state index is 13.2. The third-order valence-electron chi connectivity index (χ3n) is 2.66. The summed E-state index contributed by atoms with van der Waals surface area (Å²) < 4.78 is 18.1. The monoisotopic (exact) mass is 308 g/mol. The van der Waals surface area contributed by atoms with Gasteiger partial charge in [0.1, 0.15) is 5.82 Å². The van der Waals surface area contributed by atoms with Crippen LogP contribution in [-0.2, 0) is 4.74 Å². The van der Waals surface area contributed by atoms with Crippen molar-refractivity contribution in [3.8, 4) is 0 Å². The molecule has 0 aliphatic heterocycles. The molecule has 9 nitrogen and oxygen atoms in total. The second kappa shape index (κ2) is 6.08. The van der Waals surface area contributed by atoms with Gasteiger partial charge in [0.15, 0.2) is 11.5 Å². The molecule has 2 amide bonds. The first-order valence-corrected chi connectivity index (χ1v) is 6.18. The third kappa shape index (κ3) is 2.80. The molecule has 10 heteroatoms. The van der Waals surface area contributed by atoms with Gasteiger partial charge in [-0.2, -0.15) is 5.21 Å². The highest BCUT2D eigenvalue weighted by molar-refractivity contribution is 6.04. The number of halogens is 1. The molecule has 1 aromatic carbocycles. The van der Waals surface area contributed by atoms with Gasteiger partial charge in [-0.05, 0) is 25.1 Å². The van der Waals surface area contributed by atoms with Crippen LogP contribution < -0.4 is 16.4 Å². The minimum absolute atomic E-state index is 0.0496. The quantitative estimate of drug-likeness (QED) is 0.717. The lowest BCUT2D eigenvalue weighted by atomic mass is 10.2. The fourth-order valence-corrected chi connectivity index (χ4v) is 1.76. The van der Waals surface area contributed by atoms with E-state index in [1.807, 2.05) is 0 Å². The number of primary amides is 1. The van der Waals surface area contributed by atoms with E-state index >= 15 is 0 Å². The molecule has 0 saturated carbocycles. The zero-order chi connectivity index (χ0) is 16.3. The molecule has 0 aliphatic carbocycles. The van der Waals surface area contributed by atoms with Gasteiger partial charge in [0.25, 0.3) is 5.91 Å². The van der Waals surface area contributed by atoms with Crippen LogP contribution in [0.3, 0.4) is 0 Å². The van der Waals surface area contributed by atoms with Gasteiger partial charge in [0.2, 0.25) is 0 Å². The highest BCUT2D eigenvalue weighted by Crippen LogP contribution is 2.31. The highest BCUT2D eigenvalue weighted by Gasteiger charge is 2.29. The molecule has 2 aromatic rings. The van der Waals surface area contributed by atoms with Crippen molar-refractivity contribution in [2.24, 2.45) is 5.73 Å². The number of carbonyl (C=O) groups excluding carboxylic acids is 2. The molecular weight excluding hydrogens is 295 g/mol. The summed E-state index contributed by atoms with van der Waals surface area (Å²) >= 11 is 0. The highest BCUT2D eigenvalue weighted by atomic mass is 19.1. The van der Waals surface area contributed by atoms with Crippen molar-refractivity contribution in [3.63, 3.8) is 0 Å². The zero-order valence-electron chi connectivity index (χ0n) is 11.5. The Labute approximate surface area is 124 Å². The summed E-state index contributed by atoms with van der Waals surface area (Å²) in [7, 11) is 0. The summed E-state index contributed by atoms with van der Waals surface area (Å²) in [5.74, 6) is -1.68. The Kier molecular flexibility index (Phi) is 4.20. The molecule has 0 fully saturated rings. The van der Waals surface area contributed by atoms with E-state index in [0.717, 1.165) is 17.0 Å². The van der Waals surface area contributed by atoms with E-state index in [9.17, 15) is 14.0 Å². The van der Waals surface area contributed by atoms with Crippen LogP contribution in [0.5, 0.6) is 0 Å². The number of nitrogens with one attached hydrogen (secondary N) is 1. The van der Waals surface area contributed by atoms with Crippen LogP contribution in [-0.4, -0.2) is 34.0 Å². The lowest BCUT2D eigenvalue weighted by Gasteiger charge is -2.21. The molecular formula is C12H13FN6O3. The number of hydrogen-bond donors (Lipinski definition) is 3. The topological polar surface area (TPSA) is 140 Å². The van der Waals surface area contributed by atoms with Crippen molar-refractivity contribution >= 4 is 29.2 Å². The molecule has 0 radical (unpaired) electrons. The summed E-state index contributed by atoms with van der Waals surface area (Å²) in [4.78, 5) is 24.4. The van der Waals surface area contributed by atoms with Crippen molar-refractivity contribution in [2.75, 3.05) is 17.2 Å². The molecule has 0 aliphatic rings. The first-order chi connectivity index (χ1) is 10.5. The molecule has 2 rings (SSSR count). The number of benzene rings is 1. The number of anilines is 3. The van der Waals surface area contributed by atoms with Gasteiger partial charge in [0.05, 0.1) is 18.0 Å². The average molecular weight is 308 g/mol. The van der Waals surface area contributed by atoms with Crippen LogP contribution in [0.1, 0.15) is 17.4 Å². The third-order valence-corrected chi connectivity index (χ3v) is 2.66. The Morgan fingerprint density at radius 3 is 2.73 bits per heavy atom. The number of nitrogens with two attached hydrogens (primary N) is 2. The normalized spacial score (nSPS) is 10.3. The number of aromatic amines is 1. The number of rotatable bonds is 4. The molecule has 22 heavy (non-hydrogen) atoms. The van der Waals surface area contributed by atoms with Gasteiger partial charge < -0.3 is 16.2 Å². The number of aromatic nitrogens is 3. The molecule has 5 N–H and O–H groups in total. The van der Waals surface area contributed by atoms with Gasteiger partial charge in [-0.3, -0.25) is 4.79 Å². The number of hydrogen-bond acceptors (Lipinski definition) is 6. The predicted molar refractivity (Wildman–Crippen MR) is 74.9 cm³/mol. The molecule has 0 atom stereocenters. The summed E-state index contributed by atoms with van der Waals surface area (Å²) in [5.41, 5.74) is 10.7. The van der Waals surface area contributed by atoms with E-state index < -0.39 is 17.8 Å². The van der Waals surface area contributed by atoms with E-state index in [4.69, 9.17) is 16.2 Å². The molecule has 0 unspecified atom stereocenters. The molecule has 116 valence electrons. The van der Waals surface area contributed by atoms with Crippen molar-refractivity contribution in [2.45, 2.75) is 6.92 Å². The number of nitrogen functional groups attached to an aromatic ring is 1. The summed E-state index contributed by atoms with van der Waals surface area (Å²) in [6, 6.07) is 3.37. The van der Waals surface area contributed by atoms with Gasteiger partial charge >= 0.3 is 6.09 Å². The zero-order valence-corrected chi connectivity index (χ0v) is 11.5. The van der Waals surface area contributed by atoms with Crippen molar-refractivity contribution < 1.29 is 18.7 Å². The molecule has 0 bridgehead atoms. The molecule has 1 aromatic heterocycles. The lowest BCUT2D eigenvalue weighted by molar-refractivity contribution is 0.0996. The fourth-order valence-electron chi connectivity index (χ4n) is 1.76. The Morgan fingerprint density at radius 2 is 2.14 bits per heavy atom. The van der Waals surface area contributed by atoms with Crippen LogP contribution in [0.4, 0.5) is 26.4 Å². The van der Waals surface area contributed by atoms with Crippen LogP contribution in [0.15, 0.2) is 18.2 Å². The molecule has 0 spiro atoms.